The Hall–Kier alpha value is -2.63. The van der Waals surface area contributed by atoms with Crippen molar-refractivity contribution in [2.24, 2.45) is 0 Å². The van der Waals surface area contributed by atoms with Gasteiger partial charge in [0.05, 0.1) is 8.04 Å². The molecule has 0 saturated carbocycles. The van der Waals surface area contributed by atoms with Gasteiger partial charge in [-0.05, 0) is 98.9 Å². The van der Waals surface area contributed by atoms with Crippen molar-refractivity contribution >= 4 is 56.2 Å². The average Bonchev–Trinajstić information content (AvgIpc) is 2.75. The highest BCUT2D eigenvalue weighted by Crippen LogP contribution is 2.33. The Kier molecular flexibility index (Phi) is 7.88. The second-order valence-corrected chi connectivity index (χ2v) is 8.98. The van der Waals surface area contributed by atoms with Crippen LogP contribution in [0.3, 0.4) is 0 Å². The van der Waals surface area contributed by atoms with E-state index in [1.54, 1.807) is 6.08 Å². The molecular weight excluding hydrogens is 567 g/mol. The zero-order chi connectivity index (χ0) is 22.4. The van der Waals surface area contributed by atoms with Gasteiger partial charge in [0, 0.05) is 5.69 Å². The van der Waals surface area contributed by atoms with E-state index in [0.717, 1.165) is 36.0 Å². The molecule has 6 heteroatoms. The number of carbonyl (C=O) groups excluding carboxylic acids is 1. The molecular formula is C25H20BrIN2O2. The molecule has 4 nitrogen and oxygen atoms in total. The molecule has 0 unspecified atom stereocenters. The lowest BCUT2D eigenvalue weighted by molar-refractivity contribution is -0.112. The number of aryl methyl sites for hydroxylation is 1. The van der Waals surface area contributed by atoms with Gasteiger partial charge in [0.2, 0.25) is 0 Å². The highest BCUT2D eigenvalue weighted by Gasteiger charge is 2.14. The fraction of sp³-hybridized carbons (Fsp3) is 0.120. The van der Waals surface area contributed by atoms with E-state index in [-0.39, 0.29) is 5.57 Å². The van der Waals surface area contributed by atoms with Crippen LogP contribution in [-0.4, -0.2) is 5.91 Å². The van der Waals surface area contributed by atoms with Gasteiger partial charge >= 0.3 is 0 Å². The van der Waals surface area contributed by atoms with E-state index in [4.69, 9.17) is 4.74 Å². The smallest absolute Gasteiger partial charge is 0.266 e. The summed E-state index contributed by atoms with van der Waals surface area (Å²) in [5.74, 6) is 0.284. The van der Waals surface area contributed by atoms with E-state index < -0.39 is 5.91 Å². The molecule has 0 fully saturated rings. The monoisotopic (exact) mass is 586 g/mol. The lowest BCUT2D eigenvalue weighted by atomic mass is 10.1. The number of hydrogen-bond acceptors (Lipinski definition) is 3. The van der Waals surface area contributed by atoms with Crippen LogP contribution in [0.2, 0.25) is 0 Å². The maximum atomic E-state index is 12.7. The van der Waals surface area contributed by atoms with Gasteiger partial charge in [-0.25, -0.2) is 0 Å². The van der Waals surface area contributed by atoms with Gasteiger partial charge < -0.3 is 10.1 Å². The van der Waals surface area contributed by atoms with Crippen molar-refractivity contribution in [1.82, 2.24) is 0 Å². The molecule has 0 aliphatic carbocycles. The molecule has 1 amide bonds. The predicted molar refractivity (Wildman–Crippen MR) is 136 cm³/mol. The van der Waals surface area contributed by atoms with Crippen LogP contribution in [0.1, 0.15) is 22.3 Å². The van der Waals surface area contributed by atoms with Crippen molar-refractivity contribution in [3.8, 4) is 11.8 Å². The normalized spacial score (nSPS) is 11.0. The Balaban J connectivity index is 1.80. The Morgan fingerprint density at radius 1 is 1.16 bits per heavy atom. The Morgan fingerprint density at radius 2 is 1.90 bits per heavy atom. The van der Waals surface area contributed by atoms with E-state index in [9.17, 15) is 10.1 Å². The van der Waals surface area contributed by atoms with Crippen LogP contribution in [0.15, 0.2) is 70.7 Å². The van der Waals surface area contributed by atoms with Gasteiger partial charge in [0.15, 0.2) is 0 Å². The fourth-order valence-electron chi connectivity index (χ4n) is 2.92. The molecule has 3 aromatic rings. The van der Waals surface area contributed by atoms with Crippen LogP contribution in [-0.2, 0) is 11.4 Å². The molecule has 3 aromatic carbocycles. The summed E-state index contributed by atoms with van der Waals surface area (Å²) in [4.78, 5) is 12.7. The number of ether oxygens (including phenoxy) is 1. The molecule has 156 valence electrons. The average molecular weight is 587 g/mol. The lowest BCUT2D eigenvalue weighted by Crippen LogP contribution is -2.14. The van der Waals surface area contributed by atoms with Crippen molar-refractivity contribution in [2.45, 2.75) is 20.5 Å². The summed E-state index contributed by atoms with van der Waals surface area (Å²) >= 11 is 5.74. The van der Waals surface area contributed by atoms with Crippen LogP contribution in [0.4, 0.5) is 5.69 Å². The Labute approximate surface area is 204 Å². The highest BCUT2D eigenvalue weighted by molar-refractivity contribution is 14.1. The number of benzene rings is 3. The van der Waals surface area contributed by atoms with Crippen LogP contribution in [0.25, 0.3) is 6.08 Å². The van der Waals surface area contributed by atoms with Gasteiger partial charge in [-0.2, -0.15) is 5.26 Å². The van der Waals surface area contributed by atoms with E-state index >= 15 is 0 Å². The van der Waals surface area contributed by atoms with Crippen LogP contribution < -0.4 is 10.1 Å². The van der Waals surface area contributed by atoms with Crippen molar-refractivity contribution in [3.63, 3.8) is 0 Å². The number of anilines is 1. The molecule has 31 heavy (non-hydrogen) atoms. The number of carbonyl (C=O) groups is 1. The Bertz CT molecular complexity index is 1160. The molecule has 0 aliphatic rings. The van der Waals surface area contributed by atoms with Gasteiger partial charge in [0.25, 0.3) is 5.91 Å². The minimum atomic E-state index is -0.438. The molecule has 0 saturated heterocycles. The number of hydrogen-bond donors (Lipinski definition) is 1. The predicted octanol–water partition coefficient (Wildman–Crippen LogP) is 6.80. The maximum Gasteiger partial charge on any atom is 0.266 e. The first kappa shape index (κ1) is 23.0. The topological polar surface area (TPSA) is 62.1 Å². The first-order chi connectivity index (χ1) is 14.9. The molecule has 0 atom stereocenters. The summed E-state index contributed by atoms with van der Waals surface area (Å²) in [7, 11) is 0. The van der Waals surface area contributed by atoms with E-state index in [1.807, 2.05) is 80.6 Å². The summed E-state index contributed by atoms with van der Waals surface area (Å²) in [5.41, 5.74) is 4.59. The first-order valence-electron chi connectivity index (χ1n) is 9.54. The SMILES string of the molecule is Cc1cccc(NC(=O)/C(C#N)=C/c2cc(Br)c(OCc3ccccc3)c(I)c2)c1C. The van der Waals surface area contributed by atoms with E-state index in [0.29, 0.717) is 12.3 Å². The second-order valence-electron chi connectivity index (χ2n) is 6.96. The lowest BCUT2D eigenvalue weighted by Gasteiger charge is -2.12. The number of rotatable bonds is 6. The minimum Gasteiger partial charge on any atom is -0.487 e. The van der Waals surface area contributed by atoms with Crippen LogP contribution in [0, 0.1) is 28.7 Å². The van der Waals surface area contributed by atoms with Crippen molar-refractivity contribution < 1.29 is 9.53 Å². The summed E-state index contributed by atoms with van der Waals surface area (Å²) in [6.45, 7) is 4.37. The van der Waals surface area contributed by atoms with Gasteiger partial charge in [-0.3, -0.25) is 4.79 Å². The third-order valence-corrected chi connectivity index (χ3v) is 6.17. The molecule has 0 aromatic heterocycles. The molecule has 0 heterocycles. The summed E-state index contributed by atoms with van der Waals surface area (Å²) in [6.07, 6.45) is 1.58. The second kappa shape index (κ2) is 10.6. The van der Waals surface area contributed by atoms with Crippen molar-refractivity contribution in [2.75, 3.05) is 5.32 Å². The van der Waals surface area contributed by atoms with E-state index in [2.05, 4.69) is 43.8 Å². The molecule has 0 bridgehead atoms. The Morgan fingerprint density at radius 3 is 2.58 bits per heavy atom. The largest absolute Gasteiger partial charge is 0.487 e. The number of halogens is 2. The number of nitrogens with one attached hydrogen (secondary N) is 1. The third kappa shape index (κ3) is 5.96. The van der Waals surface area contributed by atoms with Crippen LogP contribution >= 0.6 is 38.5 Å². The fourth-order valence-corrected chi connectivity index (χ4v) is 4.69. The van der Waals surface area contributed by atoms with Gasteiger partial charge in [-0.15, -0.1) is 0 Å². The summed E-state index contributed by atoms with van der Waals surface area (Å²) in [5, 5.41) is 12.4. The van der Waals surface area contributed by atoms with E-state index in [1.165, 1.54) is 0 Å². The first-order valence-corrected chi connectivity index (χ1v) is 11.4. The van der Waals surface area contributed by atoms with Crippen molar-refractivity contribution in [1.29, 1.82) is 5.26 Å². The zero-order valence-corrected chi connectivity index (χ0v) is 20.8. The minimum absolute atomic E-state index is 0.0292. The van der Waals surface area contributed by atoms with Crippen LogP contribution in [0.5, 0.6) is 5.75 Å². The number of nitriles is 1. The quantitative estimate of drug-likeness (QED) is 0.196. The number of nitrogens with zero attached hydrogens (tertiary/aromatic N) is 1. The number of amides is 1. The molecule has 0 spiro atoms. The summed E-state index contributed by atoms with van der Waals surface area (Å²) < 4.78 is 7.61. The van der Waals surface area contributed by atoms with Crippen molar-refractivity contribution in [3.05, 3.63) is 96.5 Å². The third-order valence-electron chi connectivity index (χ3n) is 4.78. The molecule has 3 rings (SSSR count). The zero-order valence-electron chi connectivity index (χ0n) is 17.1. The standard InChI is InChI=1S/C25H20BrIN2O2/c1-16-7-6-10-23(17(16)2)29-25(30)20(14-28)11-19-12-21(26)24(22(27)13-19)31-15-18-8-4-3-5-9-18/h3-13H,15H2,1-2H3,(H,29,30)/b20-11+. The van der Waals surface area contributed by atoms with Gasteiger partial charge in [-0.1, -0.05) is 42.5 Å². The molecule has 0 radical (unpaired) electrons. The molecule has 1 N–H and O–H groups in total. The summed E-state index contributed by atoms with van der Waals surface area (Å²) in [6, 6.07) is 21.3. The highest BCUT2D eigenvalue weighted by atomic mass is 127. The molecule has 0 aliphatic heterocycles. The van der Waals surface area contributed by atoms with Gasteiger partial charge in [0.1, 0.15) is 24.0 Å². The maximum absolute atomic E-state index is 12.7.